The first-order valence-electron chi connectivity index (χ1n) is 19.2. The summed E-state index contributed by atoms with van der Waals surface area (Å²) < 4.78 is 5.87. The molecule has 0 saturated heterocycles. The molecule has 10 aromatic rings. The van der Waals surface area contributed by atoms with Crippen LogP contribution >= 0.6 is 11.3 Å². The molecular formula is C50H40N4S. The van der Waals surface area contributed by atoms with Crippen molar-refractivity contribution in [3.8, 4) is 17.2 Å². The van der Waals surface area contributed by atoms with E-state index in [1.807, 2.05) is 6.08 Å². The van der Waals surface area contributed by atoms with E-state index in [9.17, 15) is 0 Å². The molecule has 0 fully saturated rings. The second-order valence-corrected chi connectivity index (χ2v) is 15.5. The van der Waals surface area contributed by atoms with Crippen molar-refractivity contribution < 1.29 is 0 Å². The smallest absolute Gasteiger partial charge is 0.235 e. The Kier molecular flexibility index (Phi) is 7.82. The molecule has 0 amide bonds. The Balaban J connectivity index is 1.41. The summed E-state index contributed by atoms with van der Waals surface area (Å²) >= 11 is 1.74. The zero-order valence-electron chi connectivity index (χ0n) is 31.5. The van der Waals surface area contributed by atoms with E-state index in [-0.39, 0.29) is 0 Å². The van der Waals surface area contributed by atoms with Crippen LogP contribution in [0.5, 0.6) is 0 Å². The molecule has 55 heavy (non-hydrogen) atoms. The molecule has 5 heterocycles. The summed E-state index contributed by atoms with van der Waals surface area (Å²) in [6.45, 7) is 12.9. The number of nitrogens with zero attached hydrogens (tertiary/aromatic N) is 4. The predicted octanol–water partition coefficient (Wildman–Crippen LogP) is 13.2. The molecule has 5 heteroatoms. The van der Waals surface area contributed by atoms with Crippen molar-refractivity contribution in [3.63, 3.8) is 0 Å². The average Bonchev–Trinajstić information content (AvgIpc) is 3.94. The van der Waals surface area contributed by atoms with Crippen molar-refractivity contribution in [2.45, 2.75) is 40.5 Å². The number of para-hydroxylation sites is 2. The minimum Gasteiger partial charge on any atom is -0.308 e. The lowest BCUT2D eigenvalue weighted by molar-refractivity contribution is 0.913. The number of thiophene rings is 1. The normalized spacial score (nSPS) is 12.9. The third-order valence-electron chi connectivity index (χ3n) is 11.2. The molecule has 0 spiro atoms. The molecule has 0 aliphatic carbocycles. The molecule has 0 atom stereocenters. The minimum atomic E-state index is 0.658. The molecule has 0 aliphatic rings. The monoisotopic (exact) mass is 728 g/mol. The van der Waals surface area contributed by atoms with Crippen LogP contribution in [-0.2, 0) is 6.42 Å². The lowest BCUT2D eigenvalue weighted by Gasteiger charge is -2.13. The summed E-state index contributed by atoms with van der Waals surface area (Å²) in [4.78, 5) is 12.3. The molecule has 0 N–H and O–H groups in total. The highest BCUT2D eigenvalue weighted by molar-refractivity contribution is 7.20. The molecule has 10 rings (SSSR count). The Bertz CT molecular complexity index is 3330. The Morgan fingerprint density at radius 2 is 1.55 bits per heavy atom. The van der Waals surface area contributed by atoms with Crippen LogP contribution in [0.4, 0.5) is 0 Å². The average molecular weight is 729 g/mol. The van der Waals surface area contributed by atoms with E-state index in [4.69, 9.17) is 9.97 Å². The Labute approximate surface area is 323 Å². The van der Waals surface area contributed by atoms with Crippen LogP contribution in [-0.4, -0.2) is 18.9 Å². The topological polar surface area (TPSA) is 35.1 Å². The highest BCUT2D eigenvalue weighted by Gasteiger charge is 2.24. The van der Waals surface area contributed by atoms with Crippen LogP contribution in [0.3, 0.4) is 0 Å². The summed E-state index contributed by atoms with van der Waals surface area (Å²) in [5.41, 5.74) is 12.5. The maximum absolute atomic E-state index is 5.60. The molecule has 5 aromatic heterocycles. The Hall–Kier alpha value is -6.30. The van der Waals surface area contributed by atoms with Crippen LogP contribution < -0.4 is 5.22 Å². The van der Waals surface area contributed by atoms with Gasteiger partial charge in [-0.05, 0) is 74.0 Å². The van der Waals surface area contributed by atoms with Crippen molar-refractivity contribution in [1.82, 2.24) is 18.9 Å². The van der Waals surface area contributed by atoms with Gasteiger partial charge in [-0.3, -0.25) is 4.57 Å². The largest absolute Gasteiger partial charge is 0.308 e. The summed E-state index contributed by atoms with van der Waals surface area (Å²) in [5, 5.41) is 8.40. The molecular weight excluding hydrogens is 689 g/mol. The number of hydrogen-bond acceptors (Lipinski definition) is 3. The van der Waals surface area contributed by atoms with E-state index in [1.54, 1.807) is 11.3 Å². The standard InChI is InChI=1S/C50H40N4S/c1-6-10-17-37-36-18-11-13-20-40(36)53-42(37)29-34-25-24-31-26-27-39-38-19-12-14-21-41(38)54(48(39)44(31)47(34)53)50-51-45(33-23-22-30(5)32(28-33)15-7-2)49-46(52-50)35(9-4)43(55-49)16-8-3/h6,8-14,16-29H,4,7,15H2,1-3,5H3/b10-6-,16-8-,37-17-. The van der Waals surface area contributed by atoms with Crippen LogP contribution in [0.1, 0.15) is 48.8 Å². The molecule has 5 aromatic carbocycles. The van der Waals surface area contributed by atoms with Gasteiger partial charge in [0.1, 0.15) is 0 Å². The number of aryl methyl sites for hydroxylation is 2. The molecule has 0 radical (unpaired) electrons. The van der Waals surface area contributed by atoms with Crippen LogP contribution in [0.25, 0.3) is 106 Å². The zero-order valence-corrected chi connectivity index (χ0v) is 32.3. The number of hydrogen-bond donors (Lipinski definition) is 0. The molecule has 4 nitrogen and oxygen atoms in total. The van der Waals surface area contributed by atoms with Gasteiger partial charge in [-0.25, -0.2) is 9.97 Å². The van der Waals surface area contributed by atoms with E-state index in [2.05, 4.69) is 171 Å². The summed E-state index contributed by atoms with van der Waals surface area (Å²) in [5.74, 6) is 0.658. The lowest BCUT2D eigenvalue weighted by Crippen LogP contribution is -2.04. The molecule has 0 unspecified atom stereocenters. The fourth-order valence-corrected chi connectivity index (χ4v) is 9.96. The van der Waals surface area contributed by atoms with Crippen molar-refractivity contribution >= 4 is 99.7 Å². The second-order valence-electron chi connectivity index (χ2n) is 14.4. The summed E-state index contributed by atoms with van der Waals surface area (Å²) in [7, 11) is 0. The number of benzene rings is 5. The molecule has 0 bridgehead atoms. The van der Waals surface area contributed by atoms with Gasteiger partial charge in [0.2, 0.25) is 5.95 Å². The van der Waals surface area contributed by atoms with Gasteiger partial charge in [0, 0.05) is 48.2 Å². The maximum Gasteiger partial charge on any atom is 0.235 e. The van der Waals surface area contributed by atoms with Gasteiger partial charge in [0.15, 0.2) is 0 Å². The number of rotatable bonds is 7. The minimum absolute atomic E-state index is 0.658. The van der Waals surface area contributed by atoms with Gasteiger partial charge in [0.25, 0.3) is 0 Å². The predicted molar refractivity (Wildman–Crippen MR) is 239 cm³/mol. The highest BCUT2D eigenvalue weighted by atomic mass is 32.1. The quantitative estimate of drug-likeness (QED) is 0.164. The zero-order chi connectivity index (χ0) is 37.4. The molecule has 0 aliphatic heterocycles. The van der Waals surface area contributed by atoms with Gasteiger partial charge in [-0.15, -0.1) is 11.3 Å². The Morgan fingerprint density at radius 3 is 2.35 bits per heavy atom. The van der Waals surface area contributed by atoms with Gasteiger partial charge in [-0.1, -0.05) is 123 Å². The van der Waals surface area contributed by atoms with Gasteiger partial charge >= 0.3 is 0 Å². The highest BCUT2D eigenvalue weighted by Crippen LogP contribution is 2.43. The number of fused-ring (bicyclic) bond motifs is 12. The lowest BCUT2D eigenvalue weighted by atomic mass is 9.99. The maximum atomic E-state index is 5.60. The second kappa shape index (κ2) is 12.9. The first kappa shape index (κ1) is 33.3. The Morgan fingerprint density at radius 1 is 0.764 bits per heavy atom. The fourth-order valence-electron chi connectivity index (χ4n) is 8.74. The summed E-state index contributed by atoms with van der Waals surface area (Å²) in [6.07, 6.45) is 14.8. The van der Waals surface area contributed by atoms with E-state index < -0.39 is 0 Å². The van der Waals surface area contributed by atoms with Gasteiger partial charge in [-0.2, -0.15) is 0 Å². The summed E-state index contributed by atoms with van der Waals surface area (Å²) in [6, 6.07) is 35.7. The third-order valence-corrected chi connectivity index (χ3v) is 12.4. The number of allylic oxidation sites excluding steroid dienone is 3. The molecule has 0 saturated carbocycles. The van der Waals surface area contributed by atoms with Crippen LogP contribution in [0, 0.1) is 6.92 Å². The van der Waals surface area contributed by atoms with E-state index >= 15 is 0 Å². The fraction of sp³-hybridized carbons (Fsp3) is 0.120. The van der Waals surface area contributed by atoms with E-state index in [0.29, 0.717) is 5.95 Å². The first-order chi connectivity index (χ1) is 27.0. The van der Waals surface area contributed by atoms with Gasteiger partial charge in [0.05, 0.1) is 43.5 Å². The first-order valence-corrected chi connectivity index (χ1v) is 20.0. The van der Waals surface area contributed by atoms with Crippen molar-refractivity contribution in [1.29, 1.82) is 0 Å². The third kappa shape index (κ3) is 4.89. The molecule has 266 valence electrons. The van der Waals surface area contributed by atoms with Crippen LogP contribution in [0.2, 0.25) is 0 Å². The van der Waals surface area contributed by atoms with Crippen molar-refractivity contribution in [2.75, 3.05) is 0 Å². The van der Waals surface area contributed by atoms with Crippen LogP contribution in [0.15, 0.2) is 122 Å². The van der Waals surface area contributed by atoms with E-state index in [1.165, 1.54) is 65.2 Å². The van der Waals surface area contributed by atoms with Crippen molar-refractivity contribution in [3.05, 3.63) is 149 Å². The van der Waals surface area contributed by atoms with E-state index in [0.717, 1.165) is 55.8 Å². The van der Waals surface area contributed by atoms with Crippen molar-refractivity contribution in [2.24, 2.45) is 0 Å². The SMILES string of the molecule is C=Cc1c(/C=C\C)sc2c(-c3ccc(C)c(CCC)c3)nc(-n3c4ccccc4c4ccc5ccc6cc7/c(=C\C=C/C)c8ccccc8n7c6c5c43)nc12. The number of aromatic nitrogens is 4. The van der Waals surface area contributed by atoms with Gasteiger partial charge < -0.3 is 4.40 Å².